The topological polar surface area (TPSA) is 55.0 Å². The number of alkyl halides is 4. The van der Waals surface area contributed by atoms with Gasteiger partial charge >= 0.3 is 12.1 Å². The number of ether oxygens (including phenoxy) is 1. The van der Waals surface area contributed by atoms with Gasteiger partial charge < -0.3 is 9.72 Å². The molecule has 0 aliphatic rings. The van der Waals surface area contributed by atoms with E-state index in [0.717, 1.165) is 23.8 Å². The number of nitrogens with one attached hydrogen (secondary N) is 1. The molecule has 0 bridgehead atoms. The zero-order valence-electron chi connectivity index (χ0n) is 13.6. The van der Waals surface area contributed by atoms with Gasteiger partial charge in [0.05, 0.1) is 11.0 Å². The maximum atomic E-state index is 14.2. The van der Waals surface area contributed by atoms with E-state index in [9.17, 15) is 22.4 Å². The number of halogens is 4. The van der Waals surface area contributed by atoms with Crippen molar-refractivity contribution < 1.29 is 27.1 Å². The number of rotatable bonds is 4. The first kappa shape index (κ1) is 17.9. The molecule has 1 atom stereocenters. The van der Waals surface area contributed by atoms with Gasteiger partial charge in [0, 0.05) is 5.56 Å². The largest absolute Gasteiger partial charge is 0.433 e. The predicted octanol–water partition coefficient (Wildman–Crippen LogP) is 4.97. The molecule has 1 N–H and O–H groups in total. The number of esters is 1. The number of hydrogen-bond acceptors (Lipinski definition) is 3. The molecule has 1 unspecified atom stereocenters. The maximum absolute atomic E-state index is 14.2. The molecule has 0 amide bonds. The molecule has 3 rings (SSSR count). The van der Waals surface area contributed by atoms with Gasteiger partial charge in [0.25, 0.3) is 6.36 Å². The average Bonchev–Trinajstić information content (AvgIpc) is 3.04. The van der Waals surface area contributed by atoms with Gasteiger partial charge in [0.1, 0.15) is 11.4 Å². The van der Waals surface area contributed by atoms with Crippen molar-refractivity contribution in [2.24, 2.45) is 0 Å². The summed E-state index contributed by atoms with van der Waals surface area (Å²) < 4.78 is 57.1. The van der Waals surface area contributed by atoms with E-state index in [4.69, 9.17) is 4.74 Å². The first-order valence-corrected chi connectivity index (χ1v) is 7.79. The fourth-order valence-corrected chi connectivity index (χ4v) is 2.46. The number of H-pyrrole nitrogens is 1. The lowest BCUT2D eigenvalue weighted by Gasteiger charge is -2.10. The Labute approximate surface area is 145 Å². The van der Waals surface area contributed by atoms with Gasteiger partial charge in [-0.15, -0.1) is 0 Å². The second-order valence-corrected chi connectivity index (χ2v) is 5.63. The van der Waals surface area contributed by atoms with E-state index in [0.29, 0.717) is 6.42 Å². The van der Waals surface area contributed by atoms with Crippen molar-refractivity contribution >= 4 is 17.0 Å². The Bertz CT molecular complexity index is 950. The normalized spacial score (nSPS) is 13.0. The SMILES string of the molecule is CCc1cccc(C(F)OC(=O)c2cc3nc(C(F)(F)F)ccc3[nH]2)c1. The van der Waals surface area contributed by atoms with Gasteiger partial charge in [-0.05, 0) is 36.2 Å². The highest BCUT2D eigenvalue weighted by Gasteiger charge is 2.32. The number of nitrogens with zero attached hydrogens (tertiary/aromatic N) is 1. The Hall–Kier alpha value is -2.90. The Morgan fingerprint density at radius 3 is 2.69 bits per heavy atom. The summed E-state index contributed by atoms with van der Waals surface area (Å²) in [6.45, 7) is 1.91. The lowest BCUT2D eigenvalue weighted by Crippen LogP contribution is -2.09. The van der Waals surface area contributed by atoms with E-state index in [1.807, 2.05) is 13.0 Å². The Kier molecular flexibility index (Phi) is 4.67. The Morgan fingerprint density at radius 2 is 2.00 bits per heavy atom. The number of carbonyl (C=O) groups excluding carboxylic acids is 1. The lowest BCUT2D eigenvalue weighted by atomic mass is 10.1. The molecule has 0 saturated carbocycles. The molecule has 3 aromatic rings. The van der Waals surface area contributed by atoms with Crippen LogP contribution in [0.3, 0.4) is 0 Å². The van der Waals surface area contributed by atoms with Crippen molar-refractivity contribution in [2.45, 2.75) is 25.9 Å². The highest BCUT2D eigenvalue weighted by Crippen LogP contribution is 2.29. The van der Waals surface area contributed by atoms with Crippen LogP contribution in [0.4, 0.5) is 17.6 Å². The van der Waals surface area contributed by atoms with Crippen LogP contribution in [0.1, 0.15) is 40.6 Å². The third kappa shape index (κ3) is 3.68. The quantitative estimate of drug-likeness (QED) is 0.524. The molecule has 136 valence electrons. The highest BCUT2D eigenvalue weighted by atomic mass is 19.4. The van der Waals surface area contributed by atoms with E-state index in [2.05, 4.69) is 9.97 Å². The minimum absolute atomic E-state index is 0.0600. The van der Waals surface area contributed by atoms with Gasteiger partial charge in [-0.2, -0.15) is 17.6 Å². The summed E-state index contributed by atoms with van der Waals surface area (Å²) >= 11 is 0. The molecule has 0 fully saturated rings. The standard InChI is InChI=1S/C18H14F4N2O2/c1-2-10-4-3-5-11(8-10)16(19)26-17(25)14-9-13-12(23-14)6-7-15(24-13)18(20,21)22/h3-9,16,23H,2H2,1H3. The second kappa shape index (κ2) is 6.78. The molecule has 2 aromatic heterocycles. The van der Waals surface area contributed by atoms with Crippen LogP contribution in [-0.2, 0) is 17.3 Å². The summed E-state index contributed by atoms with van der Waals surface area (Å²) in [6.07, 6.45) is -5.89. The van der Waals surface area contributed by atoms with E-state index in [1.54, 1.807) is 12.1 Å². The first-order valence-electron chi connectivity index (χ1n) is 7.79. The predicted molar refractivity (Wildman–Crippen MR) is 86.2 cm³/mol. The lowest BCUT2D eigenvalue weighted by molar-refractivity contribution is -0.140. The highest BCUT2D eigenvalue weighted by molar-refractivity contribution is 5.93. The number of aryl methyl sites for hydroxylation is 1. The first-order chi connectivity index (χ1) is 12.3. The molecule has 0 spiro atoms. The van der Waals surface area contributed by atoms with E-state index in [-0.39, 0.29) is 22.3 Å². The van der Waals surface area contributed by atoms with Crippen LogP contribution >= 0.6 is 0 Å². The Morgan fingerprint density at radius 1 is 1.23 bits per heavy atom. The molecule has 1 aromatic carbocycles. The van der Waals surface area contributed by atoms with Crippen molar-refractivity contribution in [1.29, 1.82) is 0 Å². The molecule has 0 radical (unpaired) electrons. The van der Waals surface area contributed by atoms with Crippen molar-refractivity contribution in [1.82, 2.24) is 9.97 Å². The number of aromatic amines is 1. The number of hydrogen-bond donors (Lipinski definition) is 1. The van der Waals surface area contributed by atoms with Crippen molar-refractivity contribution in [3.8, 4) is 0 Å². The monoisotopic (exact) mass is 366 g/mol. The van der Waals surface area contributed by atoms with Crippen molar-refractivity contribution in [2.75, 3.05) is 0 Å². The third-order valence-electron chi connectivity index (χ3n) is 3.82. The van der Waals surface area contributed by atoms with Crippen LogP contribution in [-0.4, -0.2) is 15.9 Å². The van der Waals surface area contributed by atoms with Crippen LogP contribution < -0.4 is 0 Å². The number of aromatic nitrogens is 2. The summed E-state index contributed by atoms with van der Waals surface area (Å²) in [6, 6.07) is 9.59. The molecular formula is C18H14F4N2O2. The summed E-state index contributed by atoms with van der Waals surface area (Å²) in [4.78, 5) is 18.1. The number of carbonyl (C=O) groups is 1. The molecule has 0 aliphatic carbocycles. The van der Waals surface area contributed by atoms with Gasteiger partial charge in [0.15, 0.2) is 0 Å². The molecule has 8 heteroatoms. The van der Waals surface area contributed by atoms with Crippen LogP contribution in [0, 0.1) is 0 Å². The zero-order valence-corrected chi connectivity index (χ0v) is 13.6. The Balaban J connectivity index is 1.81. The minimum Gasteiger partial charge on any atom is -0.422 e. The molecule has 4 nitrogen and oxygen atoms in total. The summed E-state index contributed by atoms with van der Waals surface area (Å²) in [5, 5.41) is 0. The third-order valence-corrected chi connectivity index (χ3v) is 3.82. The van der Waals surface area contributed by atoms with Gasteiger partial charge in [-0.25, -0.2) is 9.78 Å². The van der Waals surface area contributed by atoms with E-state index >= 15 is 0 Å². The second-order valence-electron chi connectivity index (χ2n) is 5.63. The van der Waals surface area contributed by atoms with Crippen LogP contribution in [0.15, 0.2) is 42.5 Å². The van der Waals surface area contributed by atoms with Crippen LogP contribution in [0.5, 0.6) is 0 Å². The van der Waals surface area contributed by atoms with Gasteiger partial charge in [-0.3, -0.25) is 0 Å². The number of pyridine rings is 1. The molecule has 26 heavy (non-hydrogen) atoms. The zero-order chi connectivity index (χ0) is 18.9. The molecule has 2 heterocycles. The fraction of sp³-hybridized carbons (Fsp3) is 0.222. The minimum atomic E-state index is -4.60. The van der Waals surface area contributed by atoms with Crippen molar-refractivity contribution in [3.63, 3.8) is 0 Å². The smallest absolute Gasteiger partial charge is 0.422 e. The fourth-order valence-electron chi connectivity index (χ4n) is 2.46. The summed E-state index contributed by atoms with van der Waals surface area (Å²) in [5.41, 5.74) is -0.0322. The van der Waals surface area contributed by atoms with E-state index < -0.39 is 24.2 Å². The van der Waals surface area contributed by atoms with Crippen molar-refractivity contribution in [3.05, 3.63) is 65.0 Å². The van der Waals surface area contributed by atoms with E-state index in [1.165, 1.54) is 6.07 Å². The summed E-state index contributed by atoms with van der Waals surface area (Å²) in [7, 11) is 0. The summed E-state index contributed by atoms with van der Waals surface area (Å²) in [5.74, 6) is -1.02. The van der Waals surface area contributed by atoms with Crippen LogP contribution in [0.2, 0.25) is 0 Å². The van der Waals surface area contributed by atoms with Gasteiger partial charge in [0.2, 0.25) is 0 Å². The van der Waals surface area contributed by atoms with Crippen LogP contribution in [0.25, 0.3) is 11.0 Å². The molecular weight excluding hydrogens is 352 g/mol. The molecule has 0 saturated heterocycles. The molecule has 0 aliphatic heterocycles. The maximum Gasteiger partial charge on any atom is 0.433 e. The number of benzene rings is 1. The average molecular weight is 366 g/mol. The van der Waals surface area contributed by atoms with Gasteiger partial charge in [-0.1, -0.05) is 25.1 Å². The number of fused-ring (bicyclic) bond motifs is 1.